The van der Waals surface area contributed by atoms with Crippen LogP contribution in [0.5, 0.6) is 0 Å². The first-order chi connectivity index (χ1) is 9.91. The summed E-state index contributed by atoms with van der Waals surface area (Å²) in [6, 6.07) is 10.4. The molecule has 0 aliphatic heterocycles. The summed E-state index contributed by atoms with van der Waals surface area (Å²) < 4.78 is 0. The third kappa shape index (κ3) is 3.81. The van der Waals surface area contributed by atoms with Crippen LogP contribution in [0.2, 0.25) is 0 Å². The molecule has 0 aliphatic rings. The van der Waals surface area contributed by atoms with Gasteiger partial charge in [-0.1, -0.05) is 52.0 Å². The third-order valence-electron chi connectivity index (χ3n) is 3.37. The maximum Gasteiger partial charge on any atom is 0.136 e. The number of aromatic nitrogens is 2. The fourth-order valence-electron chi connectivity index (χ4n) is 2.12. The van der Waals surface area contributed by atoms with Crippen molar-refractivity contribution in [1.29, 1.82) is 0 Å². The number of hydrogen-bond acceptors (Lipinski definition) is 3. The SMILES string of the molecule is CCCNc1cc(-c2ccccc2C)nc(C(C)(C)C)n1. The largest absolute Gasteiger partial charge is 0.370 e. The second kappa shape index (κ2) is 6.25. The molecule has 1 heterocycles. The van der Waals surface area contributed by atoms with Gasteiger partial charge in [-0.2, -0.15) is 0 Å². The molecule has 112 valence electrons. The van der Waals surface area contributed by atoms with Crippen LogP contribution in [0.1, 0.15) is 45.5 Å². The first-order valence-corrected chi connectivity index (χ1v) is 7.61. The van der Waals surface area contributed by atoms with Crippen LogP contribution in [-0.4, -0.2) is 16.5 Å². The molecule has 1 aromatic carbocycles. The Kier molecular flexibility index (Phi) is 4.61. The molecule has 0 aliphatic carbocycles. The van der Waals surface area contributed by atoms with Crippen molar-refractivity contribution in [2.75, 3.05) is 11.9 Å². The first-order valence-electron chi connectivity index (χ1n) is 7.61. The number of aryl methyl sites for hydroxylation is 1. The molecule has 21 heavy (non-hydrogen) atoms. The summed E-state index contributed by atoms with van der Waals surface area (Å²) in [6.07, 6.45) is 1.08. The molecule has 1 aromatic heterocycles. The number of nitrogens with zero attached hydrogens (tertiary/aromatic N) is 2. The molecular formula is C18H25N3. The van der Waals surface area contributed by atoms with E-state index in [4.69, 9.17) is 4.98 Å². The zero-order valence-electron chi connectivity index (χ0n) is 13.7. The summed E-state index contributed by atoms with van der Waals surface area (Å²) in [6.45, 7) is 11.6. The van der Waals surface area contributed by atoms with E-state index in [1.165, 1.54) is 11.1 Å². The molecule has 3 nitrogen and oxygen atoms in total. The number of hydrogen-bond donors (Lipinski definition) is 1. The lowest BCUT2D eigenvalue weighted by atomic mass is 9.95. The lowest BCUT2D eigenvalue weighted by molar-refractivity contribution is 0.546. The van der Waals surface area contributed by atoms with Crippen LogP contribution in [0.25, 0.3) is 11.3 Å². The Morgan fingerprint density at radius 1 is 1.10 bits per heavy atom. The molecule has 0 fully saturated rings. The van der Waals surface area contributed by atoms with E-state index in [1.807, 2.05) is 6.07 Å². The van der Waals surface area contributed by atoms with Crippen molar-refractivity contribution in [1.82, 2.24) is 9.97 Å². The van der Waals surface area contributed by atoms with Gasteiger partial charge in [-0.15, -0.1) is 0 Å². The van der Waals surface area contributed by atoms with Crippen molar-refractivity contribution < 1.29 is 0 Å². The number of nitrogens with one attached hydrogen (secondary N) is 1. The highest BCUT2D eigenvalue weighted by Crippen LogP contribution is 2.27. The summed E-state index contributed by atoms with van der Waals surface area (Å²) in [7, 11) is 0. The van der Waals surface area contributed by atoms with Gasteiger partial charge in [-0.3, -0.25) is 0 Å². The van der Waals surface area contributed by atoms with E-state index in [0.29, 0.717) is 0 Å². The zero-order chi connectivity index (χ0) is 15.5. The Bertz CT molecular complexity index is 612. The normalized spacial score (nSPS) is 11.5. The molecule has 0 atom stereocenters. The summed E-state index contributed by atoms with van der Waals surface area (Å²) in [4.78, 5) is 9.47. The highest BCUT2D eigenvalue weighted by atomic mass is 15.0. The lowest BCUT2D eigenvalue weighted by Gasteiger charge is -2.19. The fraction of sp³-hybridized carbons (Fsp3) is 0.444. The molecule has 1 N–H and O–H groups in total. The van der Waals surface area contributed by atoms with Gasteiger partial charge in [-0.05, 0) is 18.9 Å². The topological polar surface area (TPSA) is 37.8 Å². The van der Waals surface area contributed by atoms with Crippen LogP contribution in [0.3, 0.4) is 0 Å². The van der Waals surface area contributed by atoms with E-state index in [-0.39, 0.29) is 5.41 Å². The molecule has 0 amide bonds. The van der Waals surface area contributed by atoms with Crippen LogP contribution < -0.4 is 5.32 Å². The second-order valence-corrected chi connectivity index (χ2v) is 6.45. The smallest absolute Gasteiger partial charge is 0.136 e. The Labute approximate surface area is 127 Å². The maximum atomic E-state index is 4.79. The van der Waals surface area contributed by atoms with Gasteiger partial charge in [0.25, 0.3) is 0 Å². The van der Waals surface area contributed by atoms with E-state index in [9.17, 15) is 0 Å². The fourth-order valence-corrected chi connectivity index (χ4v) is 2.12. The van der Waals surface area contributed by atoms with Crippen molar-refractivity contribution >= 4 is 5.82 Å². The molecule has 0 radical (unpaired) electrons. The van der Waals surface area contributed by atoms with Gasteiger partial charge in [-0.25, -0.2) is 9.97 Å². The molecule has 0 spiro atoms. The van der Waals surface area contributed by atoms with E-state index in [0.717, 1.165) is 30.3 Å². The predicted molar refractivity (Wildman–Crippen MR) is 89.7 cm³/mol. The van der Waals surface area contributed by atoms with Crippen molar-refractivity contribution in [3.05, 3.63) is 41.7 Å². The Hall–Kier alpha value is -1.90. The molecule has 0 saturated heterocycles. The highest BCUT2D eigenvalue weighted by molar-refractivity contribution is 5.66. The van der Waals surface area contributed by atoms with E-state index < -0.39 is 0 Å². The molecule has 0 unspecified atom stereocenters. The van der Waals surface area contributed by atoms with Gasteiger partial charge >= 0.3 is 0 Å². The van der Waals surface area contributed by atoms with Gasteiger partial charge in [0.15, 0.2) is 0 Å². The summed E-state index contributed by atoms with van der Waals surface area (Å²) in [5.74, 6) is 1.79. The van der Waals surface area contributed by atoms with Crippen LogP contribution in [0, 0.1) is 6.92 Å². The zero-order valence-corrected chi connectivity index (χ0v) is 13.7. The van der Waals surface area contributed by atoms with E-state index in [2.05, 4.69) is 69.2 Å². The lowest BCUT2D eigenvalue weighted by Crippen LogP contribution is -2.18. The Morgan fingerprint density at radius 2 is 1.81 bits per heavy atom. The summed E-state index contributed by atoms with van der Waals surface area (Å²) in [5, 5.41) is 3.39. The van der Waals surface area contributed by atoms with Crippen LogP contribution in [-0.2, 0) is 5.41 Å². The van der Waals surface area contributed by atoms with Crippen LogP contribution >= 0.6 is 0 Å². The van der Waals surface area contributed by atoms with E-state index in [1.54, 1.807) is 0 Å². The minimum absolute atomic E-state index is 0.0681. The monoisotopic (exact) mass is 283 g/mol. The van der Waals surface area contributed by atoms with Gasteiger partial charge in [0.05, 0.1) is 5.69 Å². The van der Waals surface area contributed by atoms with Crippen LogP contribution in [0.15, 0.2) is 30.3 Å². The quantitative estimate of drug-likeness (QED) is 0.893. The number of anilines is 1. The molecule has 0 bridgehead atoms. The van der Waals surface area contributed by atoms with Gasteiger partial charge in [0.2, 0.25) is 0 Å². The average Bonchev–Trinajstić information content (AvgIpc) is 2.44. The number of benzene rings is 1. The minimum atomic E-state index is -0.0681. The Morgan fingerprint density at radius 3 is 2.43 bits per heavy atom. The minimum Gasteiger partial charge on any atom is -0.370 e. The van der Waals surface area contributed by atoms with Gasteiger partial charge in [0, 0.05) is 23.6 Å². The maximum absolute atomic E-state index is 4.79. The average molecular weight is 283 g/mol. The standard InChI is InChI=1S/C18H25N3/c1-6-11-19-16-12-15(14-10-8-7-9-13(14)2)20-17(21-16)18(3,4)5/h7-10,12H,6,11H2,1-5H3,(H,19,20,21). The van der Waals surface area contributed by atoms with Crippen LogP contribution in [0.4, 0.5) is 5.82 Å². The molecule has 3 heteroatoms. The molecule has 2 aromatic rings. The first kappa shape index (κ1) is 15.5. The molecule has 2 rings (SSSR count). The van der Waals surface area contributed by atoms with Gasteiger partial charge in [0.1, 0.15) is 11.6 Å². The predicted octanol–water partition coefficient (Wildman–Crippen LogP) is 4.57. The molecular weight excluding hydrogens is 258 g/mol. The summed E-state index contributed by atoms with van der Waals surface area (Å²) in [5.41, 5.74) is 3.33. The van der Waals surface area contributed by atoms with Crippen molar-refractivity contribution in [2.45, 2.75) is 46.5 Å². The second-order valence-electron chi connectivity index (χ2n) is 6.45. The van der Waals surface area contributed by atoms with E-state index >= 15 is 0 Å². The molecule has 0 saturated carbocycles. The number of rotatable bonds is 4. The summed E-state index contributed by atoms with van der Waals surface area (Å²) >= 11 is 0. The van der Waals surface area contributed by atoms with Crippen molar-refractivity contribution in [3.8, 4) is 11.3 Å². The third-order valence-corrected chi connectivity index (χ3v) is 3.37. The van der Waals surface area contributed by atoms with Crippen molar-refractivity contribution in [2.24, 2.45) is 0 Å². The Balaban J connectivity index is 2.52. The van der Waals surface area contributed by atoms with Gasteiger partial charge < -0.3 is 5.32 Å². The highest BCUT2D eigenvalue weighted by Gasteiger charge is 2.19. The van der Waals surface area contributed by atoms with Crippen molar-refractivity contribution in [3.63, 3.8) is 0 Å².